The topological polar surface area (TPSA) is 102 Å². The number of amides is 1. The number of methoxy groups -OCH3 is 2. The zero-order valence-electron chi connectivity index (χ0n) is 18.1. The number of ether oxygens (including phenoxy) is 2. The Balaban J connectivity index is 1.72. The molecule has 0 unspecified atom stereocenters. The van der Waals surface area contributed by atoms with Crippen LogP contribution in [0.25, 0.3) is 10.9 Å². The van der Waals surface area contributed by atoms with Crippen molar-refractivity contribution in [3.8, 4) is 24.2 Å². The van der Waals surface area contributed by atoms with Crippen LogP contribution < -0.4 is 25.0 Å². The van der Waals surface area contributed by atoms with Gasteiger partial charge in [0.1, 0.15) is 0 Å². The number of terminal acetylenes is 1. The van der Waals surface area contributed by atoms with Gasteiger partial charge in [-0.25, -0.2) is 9.97 Å². The van der Waals surface area contributed by atoms with Gasteiger partial charge in [0.05, 0.1) is 43.2 Å². The van der Waals surface area contributed by atoms with Crippen LogP contribution in [0.15, 0.2) is 36.7 Å². The Hall–Kier alpha value is -3.90. The second kappa shape index (κ2) is 9.08. The molecule has 0 aliphatic carbocycles. The Morgan fingerprint density at radius 2 is 2.03 bits per heavy atom. The maximum absolute atomic E-state index is 13.1. The summed E-state index contributed by atoms with van der Waals surface area (Å²) < 4.78 is 10.3. The predicted molar refractivity (Wildman–Crippen MR) is 122 cm³/mol. The first-order valence-electron chi connectivity index (χ1n) is 10.1. The van der Waals surface area contributed by atoms with Crippen molar-refractivity contribution in [3.05, 3.63) is 42.2 Å². The molecule has 1 saturated heterocycles. The van der Waals surface area contributed by atoms with Gasteiger partial charge in [-0.2, -0.15) is 4.98 Å². The summed E-state index contributed by atoms with van der Waals surface area (Å²) >= 11 is 0. The highest BCUT2D eigenvalue weighted by molar-refractivity contribution is 6.13. The molecule has 9 heteroatoms. The van der Waals surface area contributed by atoms with Crippen molar-refractivity contribution in [2.75, 3.05) is 37.5 Å². The van der Waals surface area contributed by atoms with Gasteiger partial charge < -0.3 is 19.7 Å². The Morgan fingerprint density at radius 1 is 1.19 bits per heavy atom. The minimum Gasteiger partial charge on any atom is -0.481 e. The molecule has 0 spiro atoms. The summed E-state index contributed by atoms with van der Waals surface area (Å²) in [7, 11) is 3.02. The van der Waals surface area contributed by atoms with Gasteiger partial charge in [-0.1, -0.05) is 5.92 Å². The molecular weight excluding hydrogens is 408 g/mol. The molecule has 1 aliphatic heterocycles. The number of benzene rings is 1. The summed E-state index contributed by atoms with van der Waals surface area (Å²) in [5.74, 6) is 2.93. The smallest absolute Gasteiger partial charge is 0.316 e. The fraction of sp³-hybridized carbons (Fsp3) is 0.304. The van der Waals surface area contributed by atoms with Crippen LogP contribution in [-0.2, 0) is 0 Å². The van der Waals surface area contributed by atoms with Crippen LogP contribution in [-0.4, -0.2) is 60.3 Å². The summed E-state index contributed by atoms with van der Waals surface area (Å²) in [4.78, 5) is 28.2. The van der Waals surface area contributed by atoms with E-state index >= 15 is 0 Å². The van der Waals surface area contributed by atoms with Crippen LogP contribution in [0.3, 0.4) is 0 Å². The molecule has 3 aromatic rings. The molecule has 2 N–H and O–H groups in total. The quantitative estimate of drug-likeness (QED) is 0.591. The Kier molecular flexibility index (Phi) is 6.05. The number of hydrogen-bond donors (Lipinski definition) is 2. The molecular formula is C23H24N6O3. The summed E-state index contributed by atoms with van der Waals surface area (Å²) in [5, 5.41) is 6.99. The summed E-state index contributed by atoms with van der Waals surface area (Å²) in [6, 6.07) is 7.39. The molecule has 0 radical (unpaired) electrons. The molecule has 1 fully saturated rings. The lowest BCUT2D eigenvalue weighted by molar-refractivity contribution is 0.102. The van der Waals surface area contributed by atoms with E-state index in [9.17, 15) is 4.79 Å². The van der Waals surface area contributed by atoms with Crippen LogP contribution in [0.5, 0.6) is 11.9 Å². The van der Waals surface area contributed by atoms with E-state index in [4.69, 9.17) is 15.9 Å². The van der Waals surface area contributed by atoms with Gasteiger partial charge >= 0.3 is 6.01 Å². The first-order valence-corrected chi connectivity index (χ1v) is 10.1. The van der Waals surface area contributed by atoms with E-state index in [1.165, 1.54) is 20.4 Å². The van der Waals surface area contributed by atoms with E-state index in [2.05, 4.69) is 43.3 Å². The lowest BCUT2D eigenvalue weighted by Gasteiger charge is -2.37. The van der Waals surface area contributed by atoms with Crippen molar-refractivity contribution in [3.63, 3.8) is 0 Å². The van der Waals surface area contributed by atoms with Crippen LogP contribution >= 0.6 is 0 Å². The van der Waals surface area contributed by atoms with Gasteiger partial charge in [0.15, 0.2) is 0 Å². The molecule has 2 aromatic heterocycles. The molecule has 1 aliphatic rings. The summed E-state index contributed by atoms with van der Waals surface area (Å²) in [6.45, 7) is 3.50. The second-order valence-electron chi connectivity index (χ2n) is 7.49. The first kappa shape index (κ1) is 21.3. The summed E-state index contributed by atoms with van der Waals surface area (Å²) in [5.41, 5.74) is 2.36. The van der Waals surface area contributed by atoms with Crippen LogP contribution in [0.4, 0.5) is 11.4 Å². The minimum atomic E-state index is -0.315. The van der Waals surface area contributed by atoms with E-state index < -0.39 is 0 Å². The SMILES string of the molecule is C#C[C@H]1CN(c2ccc(C(=O)Nc3ccc(OC)nc3)c3nc(OC)ncc23)C[C@H](C)N1. The molecule has 3 heterocycles. The van der Waals surface area contributed by atoms with Crippen molar-refractivity contribution in [1.29, 1.82) is 0 Å². The van der Waals surface area contributed by atoms with Gasteiger partial charge in [-0.05, 0) is 25.1 Å². The monoisotopic (exact) mass is 432 g/mol. The Morgan fingerprint density at radius 3 is 2.72 bits per heavy atom. The third-order valence-electron chi connectivity index (χ3n) is 5.26. The van der Waals surface area contributed by atoms with Crippen LogP contribution in [0.1, 0.15) is 17.3 Å². The number of carbonyl (C=O) groups is 1. The first-order chi connectivity index (χ1) is 15.5. The third kappa shape index (κ3) is 4.26. The zero-order valence-corrected chi connectivity index (χ0v) is 18.1. The Bertz CT molecular complexity index is 1170. The fourth-order valence-electron chi connectivity index (χ4n) is 3.79. The van der Waals surface area contributed by atoms with Crippen molar-refractivity contribution < 1.29 is 14.3 Å². The van der Waals surface area contributed by atoms with Gasteiger partial charge in [-0.3, -0.25) is 10.1 Å². The Labute approximate surface area is 186 Å². The largest absolute Gasteiger partial charge is 0.481 e. The average Bonchev–Trinajstić information content (AvgIpc) is 2.82. The number of aromatic nitrogens is 3. The van der Waals surface area contributed by atoms with E-state index in [0.29, 0.717) is 29.2 Å². The number of piperazine rings is 1. The normalized spacial score (nSPS) is 18.1. The number of rotatable bonds is 5. The van der Waals surface area contributed by atoms with Gasteiger partial charge in [-0.15, -0.1) is 6.42 Å². The molecule has 1 aromatic carbocycles. The maximum Gasteiger partial charge on any atom is 0.316 e. The number of nitrogens with zero attached hydrogens (tertiary/aromatic N) is 4. The predicted octanol–water partition coefficient (Wildman–Crippen LogP) is 2.09. The fourth-order valence-corrected chi connectivity index (χ4v) is 3.79. The molecule has 0 bridgehead atoms. The van der Waals surface area contributed by atoms with Gasteiger partial charge in [0.2, 0.25) is 5.88 Å². The van der Waals surface area contributed by atoms with E-state index in [1.54, 1.807) is 24.4 Å². The van der Waals surface area contributed by atoms with E-state index in [-0.39, 0.29) is 24.0 Å². The van der Waals surface area contributed by atoms with Crippen LogP contribution in [0, 0.1) is 12.3 Å². The highest BCUT2D eigenvalue weighted by atomic mass is 16.5. The molecule has 4 rings (SSSR count). The average molecular weight is 432 g/mol. The minimum absolute atomic E-state index is 0.0708. The third-order valence-corrected chi connectivity index (χ3v) is 5.26. The molecule has 164 valence electrons. The highest BCUT2D eigenvalue weighted by Crippen LogP contribution is 2.31. The van der Waals surface area contributed by atoms with Gasteiger partial charge in [0, 0.05) is 42.5 Å². The molecule has 32 heavy (non-hydrogen) atoms. The lowest BCUT2D eigenvalue weighted by atomic mass is 10.0. The van der Waals surface area contributed by atoms with Crippen molar-refractivity contribution >= 4 is 28.2 Å². The second-order valence-corrected chi connectivity index (χ2v) is 7.49. The van der Waals surface area contributed by atoms with Crippen molar-refractivity contribution in [2.45, 2.75) is 19.0 Å². The van der Waals surface area contributed by atoms with Gasteiger partial charge in [0.25, 0.3) is 5.91 Å². The molecule has 9 nitrogen and oxygen atoms in total. The number of nitrogens with one attached hydrogen (secondary N) is 2. The highest BCUT2D eigenvalue weighted by Gasteiger charge is 2.25. The van der Waals surface area contributed by atoms with E-state index in [1.807, 2.05) is 6.07 Å². The summed E-state index contributed by atoms with van der Waals surface area (Å²) in [6.07, 6.45) is 8.88. The lowest BCUT2D eigenvalue weighted by Crippen LogP contribution is -2.55. The number of carbonyl (C=O) groups excluding carboxylic acids is 1. The van der Waals surface area contributed by atoms with Crippen molar-refractivity contribution in [2.24, 2.45) is 0 Å². The molecule has 2 atom stereocenters. The number of anilines is 2. The maximum atomic E-state index is 13.1. The molecule has 0 saturated carbocycles. The molecule has 1 amide bonds. The van der Waals surface area contributed by atoms with Crippen molar-refractivity contribution in [1.82, 2.24) is 20.3 Å². The zero-order chi connectivity index (χ0) is 22.7. The standard InChI is InChI=1S/C23H24N6O3/c1-5-15-13-29(12-14(2)26-15)19-8-7-17(21-18(19)11-25-23(28-21)32-4)22(30)27-16-6-9-20(31-3)24-10-16/h1,6-11,14-15,26H,12-13H2,2-4H3,(H,27,30)/t14-,15-/m0/s1. The number of pyridine rings is 1. The number of hydrogen-bond acceptors (Lipinski definition) is 8. The van der Waals surface area contributed by atoms with E-state index in [0.717, 1.165) is 17.6 Å². The number of fused-ring (bicyclic) bond motifs is 1. The van der Waals surface area contributed by atoms with Crippen LogP contribution in [0.2, 0.25) is 0 Å².